The predicted octanol–water partition coefficient (Wildman–Crippen LogP) is 3.40. The lowest BCUT2D eigenvalue weighted by molar-refractivity contribution is -0.122. The number of nitrogens with two attached hydrogens (primary N) is 1. The number of nitrogens with zero attached hydrogens (tertiary/aromatic N) is 2. The number of hydrogen-bond donors (Lipinski definition) is 2. The van der Waals surface area contributed by atoms with Gasteiger partial charge in [-0.05, 0) is 57.4 Å². The van der Waals surface area contributed by atoms with Crippen LogP contribution in [-0.2, 0) is 11.2 Å². The van der Waals surface area contributed by atoms with E-state index in [0.29, 0.717) is 24.6 Å². The molecule has 2 fully saturated rings. The third-order valence-electron chi connectivity index (χ3n) is 6.48. The number of nitrogens with one attached hydrogen (secondary N) is 1. The Hall–Kier alpha value is -2.67. The summed E-state index contributed by atoms with van der Waals surface area (Å²) < 4.78 is 5.45. The average molecular weight is 439 g/mol. The van der Waals surface area contributed by atoms with E-state index in [2.05, 4.69) is 22.6 Å². The average Bonchev–Trinajstić information content (AvgIpc) is 3.51. The Morgan fingerprint density at radius 1 is 1.16 bits per heavy atom. The topological polar surface area (TPSA) is 101 Å². The van der Waals surface area contributed by atoms with Crippen molar-refractivity contribution < 1.29 is 14.1 Å². The van der Waals surface area contributed by atoms with Gasteiger partial charge in [0.1, 0.15) is 5.76 Å². The molecule has 2 aliphatic rings. The van der Waals surface area contributed by atoms with Crippen LogP contribution in [-0.4, -0.2) is 46.5 Å². The Kier molecular flexibility index (Phi) is 7.25. The quantitative estimate of drug-likeness (QED) is 0.625. The van der Waals surface area contributed by atoms with Gasteiger partial charge in [-0.15, -0.1) is 0 Å². The molecule has 4 rings (SSSR count). The maximum Gasteiger partial charge on any atom is 0.276 e. The van der Waals surface area contributed by atoms with Gasteiger partial charge < -0.3 is 20.5 Å². The molecule has 0 unspecified atom stereocenters. The summed E-state index contributed by atoms with van der Waals surface area (Å²) in [6.45, 7) is 2.48. The molecule has 32 heavy (non-hydrogen) atoms. The summed E-state index contributed by atoms with van der Waals surface area (Å²) in [4.78, 5) is 27.5. The van der Waals surface area contributed by atoms with Gasteiger partial charge in [-0.3, -0.25) is 9.59 Å². The molecule has 0 bridgehead atoms. The summed E-state index contributed by atoms with van der Waals surface area (Å²) >= 11 is 0. The van der Waals surface area contributed by atoms with E-state index in [4.69, 9.17) is 10.3 Å². The van der Waals surface area contributed by atoms with Crippen LogP contribution in [0.25, 0.3) is 0 Å². The van der Waals surface area contributed by atoms with Crippen molar-refractivity contribution >= 4 is 11.8 Å². The molecule has 1 aromatic heterocycles. The van der Waals surface area contributed by atoms with Crippen LogP contribution in [0.1, 0.15) is 79.6 Å². The van der Waals surface area contributed by atoms with Gasteiger partial charge in [-0.1, -0.05) is 35.5 Å². The number of benzene rings is 1. The Bertz CT molecular complexity index is 899. The van der Waals surface area contributed by atoms with E-state index in [1.54, 1.807) is 0 Å². The van der Waals surface area contributed by atoms with Crippen LogP contribution in [0, 0.1) is 0 Å². The SMILES string of the molecule is C[C@@H](N)CC(=O)NC1CCC(N(CCc2ccccc2)C(=O)c2cc(C3CC3)on2)CC1. The second kappa shape index (κ2) is 10.3. The van der Waals surface area contributed by atoms with E-state index in [1.807, 2.05) is 36.1 Å². The zero-order valence-electron chi connectivity index (χ0n) is 18.8. The molecule has 0 saturated heterocycles. The minimum atomic E-state index is -0.138. The molecule has 0 aliphatic heterocycles. The van der Waals surface area contributed by atoms with E-state index in [0.717, 1.165) is 50.7 Å². The van der Waals surface area contributed by atoms with Crippen LogP contribution in [0.5, 0.6) is 0 Å². The van der Waals surface area contributed by atoms with Crippen molar-refractivity contribution in [1.29, 1.82) is 0 Å². The molecule has 2 aliphatic carbocycles. The summed E-state index contributed by atoms with van der Waals surface area (Å²) in [6.07, 6.45) is 6.79. The highest BCUT2D eigenvalue weighted by Gasteiger charge is 2.33. The van der Waals surface area contributed by atoms with Gasteiger partial charge in [0.05, 0.1) is 0 Å². The molecule has 7 nitrogen and oxygen atoms in total. The summed E-state index contributed by atoms with van der Waals surface area (Å²) in [5.74, 6) is 1.21. The van der Waals surface area contributed by atoms with Crippen LogP contribution < -0.4 is 11.1 Å². The van der Waals surface area contributed by atoms with Gasteiger partial charge in [0, 0.05) is 43.1 Å². The molecule has 7 heteroatoms. The van der Waals surface area contributed by atoms with Gasteiger partial charge in [-0.25, -0.2) is 0 Å². The van der Waals surface area contributed by atoms with Crippen LogP contribution in [0.3, 0.4) is 0 Å². The highest BCUT2D eigenvalue weighted by atomic mass is 16.5. The molecule has 172 valence electrons. The largest absolute Gasteiger partial charge is 0.360 e. The van der Waals surface area contributed by atoms with Crippen LogP contribution in [0.2, 0.25) is 0 Å². The molecule has 1 atom stereocenters. The third-order valence-corrected chi connectivity index (χ3v) is 6.48. The van der Waals surface area contributed by atoms with E-state index in [-0.39, 0.29) is 29.9 Å². The van der Waals surface area contributed by atoms with Crippen molar-refractivity contribution in [3.05, 3.63) is 53.4 Å². The predicted molar refractivity (Wildman–Crippen MR) is 122 cm³/mol. The third kappa shape index (κ3) is 5.97. The molecule has 3 N–H and O–H groups in total. The molecule has 2 amide bonds. The zero-order valence-corrected chi connectivity index (χ0v) is 18.8. The van der Waals surface area contributed by atoms with Gasteiger partial charge in [-0.2, -0.15) is 0 Å². The standard InChI is InChI=1S/C25H34N4O3/c1-17(26)15-24(30)27-20-9-11-21(12-10-20)29(14-13-18-5-3-2-4-6-18)25(31)22-16-23(32-28-22)19-7-8-19/h2-6,16-17,19-21H,7-15,26H2,1H3,(H,27,30)/t17-,20?,21?/m1/s1. The summed E-state index contributed by atoms with van der Waals surface area (Å²) in [7, 11) is 0. The molecule has 1 aromatic carbocycles. The first kappa shape index (κ1) is 22.5. The van der Waals surface area contributed by atoms with Crippen LogP contribution >= 0.6 is 0 Å². The summed E-state index contributed by atoms with van der Waals surface area (Å²) in [5.41, 5.74) is 7.35. The van der Waals surface area contributed by atoms with Crippen molar-refractivity contribution in [2.45, 2.75) is 82.3 Å². The van der Waals surface area contributed by atoms with Gasteiger partial charge in [0.15, 0.2) is 5.69 Å². The van der Waals surface area contributed by atoms with Gasteiger partial charge >= 0.3 is 0 Å². The van der Waals surface area contributed by atoms with Crippen molar-refractivity contribution in [2.75, 3.05) is 6.54 Å². The highest BCUT2D eigenvalue weighted by Crippen LogP contribution is 2.40. The number of amides is 2. The van der Waals surface area contributed by atoms with E-state index in [9.17, 15) is 9.59 Å². The monoisotopic (exact) mass is 438 g/mol. The number of rotatable bonds is 9. The minimum absolute atomic E-state index is 0.00987. The fourth-order valence-electron chi connectivity index (χ4n) is 4.55. The molecule has 0 radical (unpaired) electrons. The lowest BCUT2D eigenvalue weighted by Gasteiger charge is -2.37. The fraction of sp³-hybridized carbons (Fsp3) is 0.560. The number of aromatic nitrogens is 1. The Balaban J connectivity index is 1.40. The molecular weight excluding hydrogens is 404 g/mol. The maximum atomic E-state index is 13.4. The van der Waals surface area contributed by atoms with Crippen LogP contribution in [0.4, 0.5) is 0 Å². The fourth-order valence-corrected chi connectivity index (χ4v) is 4.55. The lowest BCUT2D eigenvalue weighted by atomic mass is 9.89. The Morgan fingerprint density at radius 2 is 1.88 bits per heavy atom. The summed E-state index contributed by atoms with van der Waals surface area (Å²) in [6, 6.07) is 12.2. The van der Waals surface area contributed by atoms with E-state index < -0.39 is 0 Å². The van der Waals surface area contributed by atoms with Gasteiger partial charge in [0.25, 0.3) is 5.91 Å². The number of carbonyl (C=O) groups is 2. The molecule has 2 saturated carbocycles. The normalized spacial score (nSPS) is 21.7. The summed E-state index contributed by atoms with van der Waals surface area (Å²) in [5, 5.41) is 7.20. The van der Waals surface area contributed by atoms with Crippen molar-refractivity contribution in [2.24, 2.45) is 5.73 Å². The first-order chi connectivity index (χ1) is 15.5. The maximum absolute atomic E-state index is 13.4. The molecular formula is C25H34N4O3. The molecule has 2 aromatic rings. The molecule has 0 spiro atoms. The second-order valence-electron chi connectivity index (χ2n) is 9.38. The lowest BCUT2D eigenvalue weighted by Crippen LogP contribution is -2.47. The number of carbonyl (C=O) groups excluding carboxylic acids is 2. The Labute approximate surface area is 189 Å². The number of hydrogen-bond acceptors (Lipinski definition) is 5. The first-order valence-corrected chi connectivity index (χ1v) is 11.9. The first-order valence-electron chi connectivity index (χ1n) is 11.9. The smallest absolute Gasteiger partial charge is 0.276 e. The van der Waals surface area contributed by atoms with Crippen molar-refractivity contribution in [3.8, 4) is 0 Å². The highest BCUT2D eigenvalue weighted by molar-refractivity contribution is 5.92. The zero-order chi connectivity index (χ0) is 22.5. The van der Waals surface area contributed by atoms with Crippen molar-refractivity contribution in [3.63, 3.8) is 0 Å². The van der Waals surface area contributed by atoms with E-state index >= 15 is 0 Å². The van der Waals surface area contributed by atoms with Crippen LogP contribution in [0.15, 0.2) is 40.9 Å². The van der Waals surface area contributed by atoms with E-state index in [1.165, 1.54) is 5.56 Å². The second-order valence-corrected chi connectivity index (χ2v) is 9.38. The van der Waals surface area contributed by atoms with Crippen molar-refractivity contribution in [1.82, 2.24) is 15.4 Å². The minimum Gasteiger partial charge on any atom is -0.360 e. The molecule has 1 heterocycles. The van der Waals surface area contributed by atoms with Gasteiger partial charge in [0.2, 0.25) is 5.91 Å². The Morgan fingerprint density at radius 3 is 2.53 bits per heavy atom.